The predicted molar refractivity (Wildman–Crippen MR) is 95.2 cm³/mol. The lowest BCUT2D eigenvalue weighted by Gasteiger charge is -2.09. The number of hydrogen-bond acceptors (Lipinski definition) is 4. The lowest BCUT2D eigenvalue weighted by Crippen LogP contribution is -2.10. The van der Waals surface area contributed by atoms with Crippen molar-refractivity contribution in [2.45, 2.75) is 6.18 Å². The van der Waals surface area contributed by atoms with Crippen LogP contribution in [0.3, 0.4) is 0 Å². The molecule has 6 nitrogen and oxygen atoms in total. The van der Waals surface area contributed by atoms with Crippen LogP contribution in [0.2, 0.25) is 5.02 Å². The Balaban J connectivity index is 1.85. The molecule has 0 spiro atoms. The van der Waals surface area contributed by atoms with E-state index in [0.717, 1.165) is 24.3 Å². The minimum absolute atomic E-state index is 0.0213. The van der Waals surface area contributed by atoms with Gasteiger partial charge in [-0.05, 0) is 36.4 Å². The second-order valence-electron chi connectivity index (χ2n) is 5.62. The number of rotatable bonds is 4. The number of nitrogens with one attached hydrogen (secondary N) is 1. The fourth-order valence-electron chi connectivity index (χ4n) is 2.39. The fourth-order valence-corrected chi connectivity index (χ4v) is 2.60. The lowest BCUT2D eigenvalue weighted by molar-refractivity contribution is -0.384. The van der Waals surface area contributed by atoms with Gasteiger partial charge in [-0.1, -0.05) is 17.7 Å². The molecule has 0 unspecified atom stereocenters. The molecule has 0 fully saturated rings. The number of carbonyl (C=O) groups is 1. The molecule has 3 rings (SSSR count). The van der Waals surface area contributed by atoms with Crippen molar-refractivity contribution in [3.8, 4) is 11.3 Å². The lowest BCUT2D eigenvalue weighted by atomic mass is 10.1. The number of furan rings is 1. The Morgan fingerprint density at radius 1 is 1.11 bits per heavy atom. The van der Waals surface area contributed by atoms with Crippen LogP contribution in [0.5, 0.6) is 0 Å². The SMILES string of the molecule is O=C(Nc1cccc([N+](=O)[O-])c1)c1ccc(-c2cc(C(F)(F)F)ccc2Cl)o1. The average Bonchev–Trinajstić information content (AvgIpc) is 3.11. The van der Waals surface area contributed by atoms with E-state index in [1.54, 1.807) is 0 Å². The van der Waals surface area contributed by atoms with Crippen LogP contribution in [0, 0.1) is 10.1 Å². The molecule has 1 heterocycles. The van der Waals surface area contributed by atoms with Gasteiger partial charge in [-0.2, -0.15) is 13.2 Å². The Labute approximate surface area is 160 Å². The standard InChI is InChI=1S/C18H10ClF3N2O4/c19-14-5-4-10(18(20,21)22)8-13(14)15-6-7-16(28-15)17(25)23-11-2-1-3-12(9-11)24(26)27/h1-9H,(H,23,25). The zero-order valence-electron chi connectivity index (χ0n) is 13.8. The molecule has 1 amide bonds. The van der Waals surface area contributed by atoms with E-state index in [1.165, 1.54) is 30.3 Å². The summed E-state index contributed by atoms with van der Waals surface area (Å²) in [7, 11) is 0. The van der Waals surface area contributed by atoms with Gasteiger partial charge in [0.2, 0.25) is 0 Å². The minimum atomic E-state index is -4.56. The van der Waals surface area contributed by atoms with Gasteiger partial charge in [-0.25, -0.2) is 0 Å². The summed E-state index contributed by atoms with van der Waals surface area (Å²) in [5, 5.41) is 13.2. The van der Waals surface area contributed by atoms with Gasteiger partial charge in [0, 0.05) is 23.4 Å². The first-order valence-electron chi connectivity index (χ1n) is 7.68. The molecule has 2 aromatic carbocycles. The molecule has 0 saturated carbocycles. The second kappa shape index (κ2) is 7.35. The Morgan fingerprint density at radius 3 is 2.54 bits per heavy atom. The van der Waals surface area contributed by atoms with E-state index in [9.17, 15) is 28.1 Å². The highest BCUT2D eigenvalue weighted by molar-refractivity contribution is 6.33. The van der Waals surface area contributed by atoms with Crippen molar-refractivity contribution in [2.75, 3.05) is 5.32 Å². The molecule has 10 heteroatoms. The Bertz CT molecular complexity index is 1060. The molecule has 0 saturated heterocycles. The third-order valence-corrected chi connectivity index (χ3v) is 4.03. The highest BCUT2D eigenvalue weighted by Crippen LogP contribution is 2.36. The van der Waals surface area contributed by atoms with Crippen LogP contribution in [0.1, 0.15) is 16.1 Å². The van der Waals surface area contributed by atoms with Crippen LogP contribution in [0.4, 0.5) is 24.5 Å². The largest absolute Gasteiger partial charge is 0.451 e. The number of halogens is 4. The summed E-state index contributed by atoms with van der Waals surface area (Å²) >= 11 is 5.95. The zero-order chi connectivity index (χ0) is 20.5. The van der Waals surface area contributed by atoms with Crippen LogP contribution >= 0.6 is 11.6 Å². The van der Waals surface area contributed by atoms with E-state index in [0.29, 0.717) is 0 Å². The highest BCUT2D eigenvalue weighted by atomic mass is 35.5. The minimum Gasteiger partial charge on any atom is -0.451 e. The zero-order valence-corrected chi connectivity index (χ0v) is 14.5. The number of alkyl halides is 3. The summed E-state index contributed by atoms with van der Waals surface area (Å²) in [5.41, 5.74) is -0.986. The Kier molecular flexibility index (Phi) is 5.10. The van der Waals surface area contributed by atoms with Gasteiger partial charge in [0.1, 0.15) is 5.76 Å². The van der Waals surface area contributed by atoms with E-state index in [-0.39, 0.29) is 33.5 Å². The topological polar surface area (TPSA) is 85.4 Å². The summed E-state index contributed by atoms with van der Waals surface area (Å²) in [6.07, 6.45) is -4.56. The third kappa shape index (κ3) is 4.15. The molecule has 0 radical (unpaired) electrons. The fraction of sp³-hybridized carbons (Fsp3) is 0.0556. The molecule has 0 aliphatic carbocycles. The molecule has 0 atom stereocenters. The van der Waals surface area contributed by atoms with Crippen molar-refractivity contribution in [1.29, 1.82) is 0 Å². The first-order chi connectivity index (χ1) is 13.1. The van der Waals surface area contributed by atoms with Crippen LogP contribution in [-0.2, 0) is 6.18 Å². The highest BCUT2D eigenvalue weighted by Gasteiger charge is 2.31. The number of carbonyl (C=O) groups excluding carboxylic acids is 1. The molecule has 144 valence electrons. The molecule has 0 aliphatic rings. The molecule has 0 bridgehead atoms. The molecule has 1 N–H and O–H groups in total. The van der Waals surface area contributed by atoms with E-state index in [2.05, 4.69) is 5.32 Å². The number of amides is 1. The average molecular weight is 411 g/mol. The third-order valence-electron chi connectivity index (χ3n) is 3.70. The van der Waals surface area contributed by atoms with Crippen LogP contribution < -0.4 is 5.32 Å². The van der Waals surface area contributed by atoms with Crippen LogP contribution in [0.25, 0.3) is 11.3 Å². The molecule has 1 aromatic heterocycles. The van der Waals surface area contributed by atoms with E-state index >= 15 is 0 Å². The van der Waals surface area contributed by atoms with E-state index in [4.69, 9.17) is 16.0 Å². The molecular formula is C18H10ClF3N2O4. The Hall–Kier alpha value is -3.33. The predicted octanol–water partition coefficient (Wildman–Crippen LogP) is 5.78. The van der Waals surface area contributed by atoms with Gasteiger partial charge in [0.15, 0.2) is 5.76 Å². The molecule has 3 aromatic rings. The van der Waals surface area contributed by atoms with Gasteiger partial charge >= 0.3 is 6.18 Å². The van der Waals surface area contributed by atoms with Crippen molar-refractivity contribution in [3.63, 3.8) is 0 Å². The number of nitro groups is 1. The molecular weight excluding hydrogens is 401 g/mol. The normalized spacial score (nSPS) is 11.3. The summed E-state index contributed by atoms with van der Waals surface area (Å²) in [4.78, 5) is 22.4. The quantitative estimate of drug-likeness (QED) is 0.436. The monoisotopic (exact) mass is 410 g/mol. The van der Waals surface area contributed by atoms with Crippen LogP contribution in [-0.4, -0.2) is 10.8 Å². The van der Waals surface area contributed by atoms with Crippen LogP contribution in [0.15, 0.2) is 59.0 Å². The summed E-state index contributed by atoms with van der Waals surface area (Å²) < 4.78 is 44.0. The summed E-state index contributed by atoms with van der Waals surface area (Å²) in [5.74, 6) is -0.954. The van der Waals surface area contributed by atoms with Gasteiger partial charge in [0.25, 0.3) is 11.6 Å². The smallest absolute Gasteiger partial charge is 0.416 e. The number of hydrogen-bond donors (Lipinski definition) is 1. The van der Waals surface area contributed by atoms with E-state index in [1.807, 2.05) is 0 Å². The Morgan fingerprint density at radius 2 is 1.86 bits per heavy atom. The van der Waals surface area contributed by atoms with Crippen molar-refractivity contribution < 1.29 is 27.3 Å². The second-order valence-corrected chi connectivity index (χ2v) is 6.03. The first kappa shape index (κ1) is 19.4. The van der Waals surface area contributed by atoms with Crippen molar-refractivity contribution in [3.05, 3.63) is 81.1 Å². The number of benzene rings is 2. The maximum absolute atomic E-state index is 12.9. The maximum atomic E-state index is 12.9. The van der Waals surface area contributed by atoms with E-state index < -0.39 is 22.6 Å². The number of nitrogens with zero attached hydrogens (tertiary/aromatic N) is 1. The number of non-ortho nitro benzene ring substituents is 1. The maximum Gasteiger partial charge on any atom is 0.416 e. The van der Waals surface area contributed by atoms with Crippen molar-refractivity contribution in [2.24, 2.45) is 0 Å². The van der Waals surface area contributed by atoms with Crippen molar-refractivity contribution in [1.82, 2.24) is 0 Å². The van der Waals surface area contributed by atoms with Crippen molar-refractivity contribution >= 4 is 28.9 Å². The summed E-state index contributed by atoms with van der Waals surface area (Å²) in [6, 6.07) is 10.6. The molecule has 0 aliphatic heterocycles. The number of nitro benzene ring substituents is 1. The molecule has 28 heavy (non-hydrogen) atoms. The van der Waals surface area contributed by atoms with Gasteiger partial charge < -0.3 is 9.73 Å². The first-order valence-corrected chi connectivity index (χ1v) is 8.06. The summed E-state index contributed by atoms with van der Waals surface area (Å²) in [6.45, 7) is 0. The van der Waals surface area contributed by atoms with Gasteiger partial charge in [-0.3, -0.25) is 14.9 Å². The number of anilines is 1. The van der Waals surface area contributed by atoms with Gasteiger partial charge in [0.05, 0.1) is 15.5 Å². The van der Waals surface area contributed by atoms with Gasteiger partial charge in [-0.15, -0.1) is 0 Å².